The molecule has 0 heterocycles. The molecule has 0 bridgehead atoms. The van der Waals surface area contributed by atoms with E-state index >= 15 is 0 Å². The maximum Gasteiger partial charge on any atom is 0.123 e. The largest absolute Gasteiger partial charge is 0.508 e. The van der Waals surface area contributed by atoms with Crippen molar-refractivity contribution >= 4 is 0 Å². The molecule has 3 N–H and O–H groups in total. The van der Waals surface area contributed by atoms with Crippen LogP contribution in [0.25, 0.3) is 0 Å². The Morgan fingerprint density at radius 1 is 1.38 bits per heavy atom. The summed E-state index contributed by atoms with van der Waals surface area (Å²) in [6.07, 6.45) is 0. The van der Waals surface area contributed by atoms with Gasteiger partial charge in [0.15, 0.2) is 0 Å². The number of hydrogen-bond acceptors (Lipinski definition) is 3. The van der Waals surface area contributed by atoms with Gasteiger partial charge in [-0.1, -0.05) is 6.92 Å². The Kier molecular flexibility index (Phi) is 4.71. The second kappa shape index (κ2) is 5.82. The number of benzene rings is 1. The summed E-state index contributed by atoms with van der Waals surface area (Å²) in [5, 5.41) is 21.6. The molecule has 2 unspecified atom stereocenters. The van der Waals surface area contributed by atoms with Crippen LogP contribution in [-0.4, -0.2) is 22.9 Å². The van der Waals surface area contributed by atoms with Crippen LogP contribution >= 0.6 is 0 Å². The average Bonchev–Trinajstić information content (AvgIpc) is 2.28. The lowest BCUT2D eigenvalue weighted by molar-refractivity contribution is 0.207. The van der Waals surface area contributed by atoms with E-state index in [1.165, 1.54) is 18.2 Å². The van der Waals surface area contributed by atoms with Crippen LogP contribution in [0.1, 0.15) is 19.4 Å². The Balaban J connectivity index is 2.57. The van der Waals surface area contributed by atoms with Crippen LogP contribution in [0, 0.1) is 11.7 Å². The summed E-state index contributed by atoms with van der Waals surface area (Å²) in [6, 6.07) is 3.97. The van der Waals surface area contributed by atoms with Crippen molar-refractivity contribution < 1.29 is 14.6 Å². The van der Waals surface area contributed by atoms with Crippen molar-refractivity contribution in [3.05, 3.63) is 29.6 Å². The molecule has 0 aliphatic carbocycles. The monoisotopic (exact) mass is 227 g/mol. The molecule has 1 aromatic carbocycles. The number of aliphatic hydroxyl groups excluding tert-OH is 1. The van der Waals surface area contributed by atoms with Gasteiger partial charge in [0.1, 0.15) is 11.6 Å². The summed E-state index contributed by atoms with van der Waals surface area (Å²) in [5.41, 5.74) is 0.525. The van der Waals surface area contributed by atoms with E-state index in [1.807, 2.05) is 13.8 Å². The molecule has 0 fully saturated rings. The van der Waals surface area contributed by atoms with Gasteiger partial charge in [-0.2, -0.15) is 0 Å². The van der Waals surface area contributed by atoms with E-state index < -0.39 is 0 Å². The summed E-state index contributed by atoms with van der Waals surface area (Å²) in [6.45, 7) is 4.35. The van der Waals surface area contributed by atoms with Crippen molar-refractivity contribution in [3.8, 4) is 5.75 Å². The molecule has 0 saturated heterocycles. The molecule has 0 aromatic heterocycles. The molecule has 90 valence electrons. The zero-order valence-corrected chi connectivity index (χ0v) is 9.57. The van der Waals surface area contributed by atoms with Gasteiger partial charge in [0.05, 0.1) is 0 Å². The van der Waals surface area contributed by atoms with Crippen LogP contribution < -0.4 is 5.32 Å². The van der Waals surface area contributed by atoms with E-state index in [0.29, 0.717) is 12.1 Å². The maximum atomic E-state index is 12.9. The third kappa shape index (κ3) is 3.47. The molecule has 0 radical (unpaired) electrons. The fraction of sp³-hybridized carbons (Fsp3) is 0.500. The first-order valence-electron chi connectivity index (χ1n) is 5.36. The minimum Gasteiger partial charge on any atom is -0.508 e. The predicted molar refractivity (Wildman–Crippen MR) is 60.6 cm³/mol. The highest BCUT2D eigenvalue weighted by Gasteiger charge is 2.11. The molecule has 0 spiro atoms. The number of phenolic OH excluding ortho intramolecular Hbond substituents is 1. The number of aliphatic hydroxyl groups is 1. The summed E-state index contributed by atoms with van der Waals surface area (Å²) < 4.78 is 12.9. The van der Waals surface area contributed by atoms with Crippen molar-refractivity contribution in [1.29, 1.82) is 0 Å². The highest BCUT2D eigenvalue weighted by molar-refractivity contribution is 5.32. The minimum atomic E-state index is -0.363. The number of halogens is 1. The van der Waals surface area contributed by atoms with Gasteiger partial charge in [-0.05, 0) is 31.0 Å². The van der Waals surface area contributed by atoms with Gasteiger partial charge in [0.2, 0.25) is 0 Å². The molecular formula is C12H18FNO2. The molecule has 1 aromatic rings. The van der Waals surface area contributed by atoms with E-state index in [1.54, 1.807) is 0 Å². The Hall–Kier alpha value is -1.13. The smallest absolute Gasteiger partial charge is 0.123 e. The lowest BCUT2D eigenvalue weighted by Gasteiger charge is -2.19. The van der Waals surface area contributed by atoms with Crippen molar-refractivity contribution in [3.63, 3.8) is 0 Å². The minimum absolute atomic E-state index is 0.0813. The normalized spacial score (nSPS) is 14.8. The van der Waals surface area contributed by atoms with Crippen molar-refractivity contribution in [2.24, 2.45) is 5.92 Å². The lowest BCUT2D eigenvalue weighted by Crippen LogP contribution is -2.33. The van der Waals surface area contributed by atoms with Gasteiger partial charge in [-0.25, -0.2) is 4.39 Å². The Morgan fingerprint density at radius 2 is 2.06 bits per heavy atom. The van der Waals surface area contributed by atoms with Crippen molar-refractivity contribution in [2.45, 2.75) is 26.4 Å². The third-order valence-electron chi connectivity index (χ3n) is 2.80. The average molecular weight is 227 g/mol. The molecule has 0 saturated carbocycles. The highest BCUT2D eigenvalue weighted by Crippen LogP contribution is 2.17. The van der Waals surface area contributed by atoms with Gasteiger partial charge >= 0.3 is 0 Å². The second-order valence-electron chi connectivity index (χ2n) is 4.10. The summed E-state index contributed by atoms with van der Waals surface area (Å²) in [5.74, 6) is -0.161. The van der Waals surface area contributed by atoms with E-state index in [2.05, 4.69) is 5.32 Å². The fourth-order valence-electron chi connectivity index (χ4n) is 1.33. The van der Waals surface area contributed by atoms with Crippen LogP contribution in [0.4, 0.5) is 4.39 Å². The molecule has 4 heteroatoms. The first kappa shape index (κ1) is 12.9. The summed E-state index contributed by atoms with van der Waals surface area (Å²) in [7, 11) is 0. The molecule has 1 rings (SSSR count). The van der Waals surface area contributed by atoms with Crippen LogP contribution in [0.2, 0.25) is 0 Å². The Morgan fingerprint density at radius 3 is 2.69 bits per heavy atom. The van der Waals surface area contributed by atoms with Gasteiger partial charge in [-0.3, -0.25) is 0 Å². The summed E-state index contributed by atoms with van der Waals surface area (Å²) >= 11 is 0. The first-order valence-corrected chi connectivity index (χ1v) is 5.36. The Labute approximate surface area is 94.9 Å². The Bertz CT molecular complexity index is 344. The number of phenols is 1. The van der Waals surface area contributed by atoms with Crippen LogP contribution in [0.5, 0.6) is 5.75 Å². The standard InChI is InChI=1S/C12H18FNO2/c1-8(7-15)9(2)14-6-10-5-11(13)3-4-12(10)16/h3-5,8-9,14-16H,6-7H2,1-2H3. The number of aromatic hydroxyl groups is 1. The SMILES string of the molecule is CC(CO)C(C)NCc1cc(F)ccc1O. The van der Waals surface area contributed by atoms with Gasteiger partial charge in [0.25, 0.3) is 0 Å². The number of nitrogens with one attached hydrogen (secondary N) is 1. The van der Waals surface area contributed by atoms with Crippen LogP contribution in [0.15, 0.2) is 18.2 Å². The zero-order chi connectivity index (χ0) is 12.1. The van der Waals surface area contributed by atoms with Crippen LogP contribution in [-0.2, 0) is 6.54 Å². The van der Waals surface area contributed by atoms with Gasteiger partial charge < -0.3 is 15.5 Å². The van der Waals surface area contributed by atoms with Gasteiger partial charge in [0, 0.05) is 24.8 Å². The topological polar surface area (TPSA) is 52.5 Å². The predicted octanol–water partition coefficient (Wildman–Crippen LogP) is 1.64. The zero-order valence-electron chi connectivity index (χ0n) is 9.57. The van der Waals surface area contributed by atoms with E-state index in [-0.39, 0.29) is 30.1 Å². The molecular weight excluding hydrogens is 209 g/mol. The van der Waals surface area contributed by atoms with Crippen molar-refractivity contribution in [2.75, 3.05) is 6.61 Å². The molecule has 3 nitrogen and oxygen atoms in total. The molecule has 0 aliphatic rings. The van der Waals surface area contributed by atoms with Crippen LogP contribution in [0.3, 0.4) is 0 Å². The fourth-order valence-corrected chi connectivity index (χ4v) is 1.33. The van der Waals surface area contributed by atoms with E-state index in [0.717, 1.165) is 0 Å². The second-order valence-corrected chi connectivity index (χ2v) is 4.10. The maximum absolute atomic E-state index is 12.9. The first-order chi connectivity index (χ1) is 7.54. The lowest BCUT2D eigenvalue weighted by atomic mass is 10.0. The molecule has 2 atom stereocenters. The number of hydrogen-bond donors (Lipinski definition) is 3. The quantitative estimate of drug-likeness (QED) is 0.716. The summed E-state index contributed by atoms with van der Waals surface area (Å²) in [4.78, 5) is 0. The molecule has 16 heavy (non-hydrogen) atoms. The molecule has 0 aliphatic heterocycles. The van der Waals surface area contributed by atoms with E-state index in [9.17, 15) is 9.50 Å². The highest BCUT2D eigenvalue weighted by atomic mass is 19.1. The third-order valence-corrected chi connectivity index (χ3v) is 2.80. The van der Waals surface area contributed by atoms with Gasteiger partial charge in [-0.15, -0.1) is 0 Å². The van der Waals surface area contributed by atoms with Crippen molar-refractivity contribution in [1.82, 2.24) is 5.32 Å². The number of rotatable bonds is 5. The van der Waals surface area contributed by atoms with E-state index in [4.69, 9.17) is 5.11 Å². The molecule has 0 amide bonds.